The van der Waals surface area contributed by atoms with Crippen LogP contribution in [0.1, 0.15) is 26.2 Å². The van der Waals surface area contributed by atoms with Crippen molar-refractivity contribution in [3.05, 3.63) is 30.1 Å². The van der Waals surface area contributed by atoms with Crippen molar-refractivity contribution in [3.63, 3.8) is 0 Å². The minimum atomic E-state index is -0.127. The first kappa shape index (κ1) is 11.9. The van der Waals surface area contributed by atoms with Gasteiger partial charge in [-0.3, -0.25) is 0 Å². The highest BCUT2D eigenvalue weighted by Crippen LogP contribution is 2.36. The lowest BCUT2D eigenvalue weighted by atomic mass is 9.87. The lowest BCUT2D eigenvalue weighted by Crippen LogP contribution is -2.37. The number of thioether (sulfide) groups is 1. The molecule has 1 fully saturated rings. The van der Waals surface area contributed by atoms with Crippen molar-refractivity contribution < 1.29 is 4.39 Å². The Morgan fingerprint density at radius 3 is 2.81 bits per heavy atom. The van der Waals surface area contributed by atoms with Gasteiger partial charge in [-0.1, -0.05) is 19.1 Å². The van der Waals surface area contributed by atoms with Crippen LogP contribution in [0.2, 0.25) is 0 Å². The zero-order valence-electron chi connectivity index (χ0n) is 9.53. The smallest absolute Gasteiger partial charge is 0.136 e. The highest BCUT2D eigenvalue weighted by Gasteiger charge is 2.27. The van der Waals surface area contributed by atoms with E-state index in [2.05, 4.69) is 6.92 Å². The van der Waals surface area contributed by atoms with Gasteiger partial charge in [0.05, 0.1) is 0 Å². The second kappa shape index (κ2) is 5.19. The van der Waals surface area contributed by atoms with Gasteiger partial charge in [-0.2, -0.15) is 0 Å². The maximum Gasteiger partial charge on any atom is 0.136 e. The monoisotopic (exact) mass is 239 g/mol. The second-order valence-electron chi connectivity index (χ2n) is 4.67. The zero-order valence-corrected chi connectivity index (χ0v) is 10.3. The van der Waals surface area contributed by atoms with Crippen LogP contribution in [0, 0.1) is 11.7 Å². The first-order valence-electron chi connectivity index (χ1n) is 5.83. The van der Waals surface area contributed by atoms with Crippen LogP contribution in [0.5, 0.6) is 0 Å². The SMILES string of the molecule is CC1CCC(N)C(Sc2ccccc2F)C1. The van der Waals surface area contributed by atoms with Crippen molar-refractivity contribution in [2.24, 2.45) is 11.7 Å². The largest absolute Gasteiger partial charge is 0.327 e. The molecule has 0 aliphatic heterocycles. The number of hydrogen-bond donors (Lipinski definition) is 1. The number of hydrogen-bond acceptors (Lipinski definition) is 2. The second-order valence-corrected chi connectivity index (χ2v) is 5.95. The molecule has 88 valence electrons. The molecule has 0 saturated heterocycles. The Morgan fingerprint density at radius 1 is 1.31 bits per heavy atom. The molecule has 2 N–H and O–H groups in total. The van der Waals surface area contributed by atoms with E-state index in [0.717, 1.165) is 17.7 Å². The van der Waals surface area contributed by atoms with Crippen molar-refractivity contribution in [3.8, 4) is 0 Å². The van der Waals surface area contributed by atoms with E-state index in [9.17, 15) is 4.39 Å². The summed E-state index contributed by atoms with van der Waals surface area (Å²) in [7, 11) is 0. The van der Waals surface area contributed by atoms with E-state index in [1.54, 1.807) is 17.8 Å². The molecule has 0 aromatic heterocycles. The van der Waals surface area contributed by atoms with Gasteiger partial charge in [0.15, 0.2) is 0 Å². The molecule has 0 spiro atoms. The van der Waals surface area contributed by atoms with E-state index < -0.39 is 0 Å². The van der Waals surface area contributed by atoms with Gasteiger partial charge in [-0.05, 0) is 37.3 Å². The number of nitrogens with two attached hydrogens (primary N) is 1. The van der Waals surface area contributed by atoms with Crippen molar-refractivity contribution in [1.82, 2.24) is 0 Å². The van der Waals surface area contributed by atoms with Crippen LogP contribution in [0.25, 0.3) is 0 Å². The molecule has 1 aliphatic carbocycles. The van der Waals surface area contributed by atoms with Gasteiger partial charge in [0, 0.05) is 16.2 Å². The third kappa shape index (κ3) is 2.77. The Kier molecular flexibility index (Phi) is 3.87. The molecule has 1 aromatic carbocycles. The fourth-order valence-electron chi connectivity index (χ4n) is 2.19. The molecular formula is C13H18FNS. The number of rotatable bonds is 2. The van der Waals surface area contributed by atoms with E-state index >= 15 is 0 Å². The van der Waals surface area contributed by atoms with Gasteiger partial charge in [0.1, 0.15) is 5.82 Å². The zero-order chi connectivity index (χ0) is 11.5. The number of halogens is 1. The average Bonchev–Trinajstić information content (AvgIpc) is 2.27. The summed E-state index contributed by atoms with van der Waals surface area (Å²) in [5.41, 5.74) is 6.10. The molecule has 2 rings (SSSR count). The minimum absolute atomic E-state index is 0.127. The number of benzene rings is 1. The molecule has 3 heteroatoms. The van der Waals surface area contributed by atoms with E-state index in [1.807, 2.05) is 12.1 Å². The summed E-state index contributed by atoms with van der Waals surface area (Å²) >= 11 is 1.60. The van der Waals surface area contributed by atoms with E-state index in [0.29, 0.717) is 11.2 Å². The molecule has 0 heterocycles. The highest BCUT2D eigenvalue weighted by atomic mass is 32.2. The van der Waals surface area contributed by atoms with Gasteiger partial charge < -0.3 is 5.73 Å². The summed E-state index contributed by atoms with van der Waals surface area (Å²) in [5, 5.41) is 0.362. The molecule has 16 heavy (non-hydrogen) atoms. The summed E-state index contributed by atoms with van der Waals surface area (Å²) in [4.78, 5) is 0.733. The Balaban J connectivity index is 2.06. The van der Waals surface area contributed by atoms with Crippen molar-refractivity contribution in [1.29, 1.82) is 0 Å². The van der Waals surface area contributed by atoms with E-state index in [1.165, 1.54) is 12.5 Å². The standard InChI is InChI=1S/C13H18FNS/c1-9-6-7-11(15)13(8-9)16-12-5-3-2-4-10(12)14/h2-5,9,11,13H,6-8,15H2,1H3. The molecule has 0 radical (unpaired) electrons. The summed E-state index contributed by atoms with van der Waals surface area (Å²) in [5.74, 6) is 0.585. The average molecular weight is 239 g/mol. The topological polar surface area (TPSA) is 26.0 Å². The fourth-order valence-corrected chi connectivity index (χ4v) is 3.59. The summed E-state index contributed by atoms with van der Waals surface area (Å²) in [6, 6.07) is 7.17. The lowest BCUT2D eigenvalue weighted by Gasteiger charge is -2.32. The maximum atomic E-state index is 13.5. The molecule has 0 bridgehead atoms. The van der Waals surface area contributed by atoms with Crippen molar-refractivity contribution in [2.75, 3.05) is 0 Å². The molecule has 1 nitrogen and oxygen atoms in total. The van der Waals surface area contributed by atoms with Gasteiger partial charge in [-0.25, -0.2) is 4.39 Å². The molecular weight excluding hydrogens is 221 g/mol. The third-order valence-corrected chi connectivity index (χ3v) is 4.65. The van der Waals surface area contributed by atoms with Crippen LogP contribution in [-0.2, 0) is 0 Å². The third-order valence-electron chi connectivity index (χ3n) is 3.22. The molecule has 3 atom stereocenters. The predicted octanol–water partition coefficient (Wildman–Crippen LogP) is 3.43. The molecule has 3 unspecified atom stereocenters. The lowest BCUT2D eigenvalue weighted by molar-refractivity contribution is 0.357. The van der Waals surface area contributed by atoms with Gasteiger partial charge in [0.25, 0.3) is 0 Å². The summed E-state index contributed by atoms with van der Waals surface area (Å²) in [6.45, 7) is 2.25. The molecule has 1 aliphatic rings. The van der Waals surface area contributed by atoms with Crippen LogP contribution in [0.15, 0.2) is 29.2 Å². The highest BCUT2D eigenvalue weighted by molar-refractivity contribution is 8.00. The quantitative estimate of drug-likeness (QED) is 0.855. The summed E-state index contributed by atoms with van der Waals surface area (Å²) in [6.07, 6.45) is 3.36. The van der Waals surface area contributed by atoms with Gasteiger partial charge in [-0.15, -0.1) is 11.8 Å². The van der Waals surface area contributed by atoms with Crippen molar-refractivity contribution >= 4 is 11.8 Å². The maximum absolute atomic E-state index is 13.5. The Morgan fingerprint density at radius 2 is 2.06 bits per heavy atom. The molecule has 0 amide bonds. The Hall–Kier alpha value is -0.540. The Labute approximate surface area is 101 Å². The van der Waals surface area contributed by atoms with E-state index in [-0.39, 0.29) is 11.9 Å². The van der Waals surface area contributed by atoms with Gasteiger partial charge >= 0.3 is 0 Å². The van der Waals surface area contributed by atoms with Crippen LogP contribution >= 0.6 is 11.8 Å². The van der Waals surface area contributed by atoms with Crippen molar-refractivity contribution in [2.45, 2.75) is 42.4 Å². The molecule has 1 saturated carbocycles. The van der Waals surface area contributed by atoms with Crippen LogP contribution in [0.4, 0.5) is 4.39 Å². The van der Waals surface area contributed by atoms with E-state index in [4.69, 9.17) is 5.73 Å². The van der Waals surface area contributed by atoms with Crippen LogP contribution in [-0.4, -0.2) is 11.3 Å². The minimum Gasteiger partial charge on any atom is -0.327 e. The Bertz CT molecular complexity index is 356. The van der Waals surface area contributed by atoms with Gasteiger partial charge in [0.2, 0.25) is 0 Å². The van der Waals surface area contributed by atoms with Crippen LogP contribution in [0.3, 0.4) is 0 Å². The molecule has 1 aromatic rings. The first-order chi connectivity index (χ1) is 7.66. The van der Waals surface area contributed by atoms with Crippen LogP contribution < -0.4 is 5.73 Å². The summed E-state index contributed by atoms with van der Waals surface area (Å²) < 4.78 is 13.5. The normalized spacial score (nSPS) is 30.3. The predicted molar refractivity (Wildman–Crippen MR) is 67.0 cm³/mol. The first-order valence-corrected chi connectivity index (χ1v) is 6.71. The fraction of sp³-hybridized carbons (Fsp3) is 0.538.